The van der Waals surface area contributed by atoms with Gasteiger partial charge in [0.15, 0.2) is 9.84 Å². The Balaban J connectivity index is 1.80. The average molecular weight is 473 g/mol. The number of carbonyl (C=O) groups excluding carboxylic acids is 2. The molecule has 0 spiro atoms. The first kappa shape index (κ1) is 18.1. The second-order valence-electron chi connectivity index (χ2n) is 6.33. The summed E-state index contributed by atoms with van der Waals surface area (Å²) in [7, 11) is -1.49. The zero-order valence-electron chi connectivity index (χ0n) is 13.6. The number of thiocarbonyl (C=S) groups is 1. The van der Waals surface area contributed by atoms with Crippen molar-refractivity contribution in [3.05, 3.63) is 33.1 Å². The molecule has 0 bridgehead atoms. The summed E-state index contributed by atoms with van der Waals surface area (Å²) in [5.41, 5.74) is 1.72. The highest BCUT2D eigenvalue weighted by Crippen LogP contribution is 2.45. The lowest BCUT2D eigenvalue weighted by Crippen LogP contribution is -2.39. The van der Waals surface area contributed by atoms with Crippen molar-refractivity contribution in [2.24, 2.45) is 0 Å². The van der Waals surface area contributed by atoms with Crippen molar-refractivity contribution in [3.8, 4) is 0 Å². The molecule has 3 aliphatic heterocycles. The largest absolute Gasteiger partial charge is 0.311 e. The van der Waals surface area contributed by atoms with Crippen LogP contribution in [0, 0.1) is 0 Å². The molecule has 2 saturated heterocycles. The minimum Gasteiger partial charge on any atom is -0.311 e. The van der Waals surface area contributed by atoms with Crippen LogP contribution in [0.4, 0.5) is 5.69 Å². The van der Waals surface area contributed by atoms with Crippen molar-refractivity contribution >= 4 is 77.1 Å². The third-order valence-corrected chi connectivity index (χ3v) is 8.35. The molecule has 1 unspecified atom stereocenters. The third kappa shape index (κ3) is 2.74. The number of sulfone groups is 1. The van der Waals surface area contributed by atoms with Gasteiger partial charge in [-0.05, 0) is 24.6 Å². The van der Waals surface area contributed by atoms with E-state index in [2.05, 4.69) is 15.9 Å². The van der Waals surface area contributed by atoms with E-state index in [4.69, 9.17) is 12.2 Å². The number of thioether (sulfide) groups is 1. The summed E-state index contributed by atoms with van der Waals surface area (Å²) in [5.74, 6) is -0.680. The van der Waals surface area contributed by atoms with Crippen LogP contribution < -0.4 is 4.90 Å². The van der Waals surface area contributed by atoms with E-state index in [1.165, 1.54) is 9.80 Å². The number of fused-ring (bicyclic) bond motifs is 1. The van der Waals surface area contributed by atoms with Crippen molar-refractivity contribution < 1.29 is 18.0 Å². The maximum Gasteiger partial charge on any atom is 0.267 e. The first-order chi connectivity index (χ1) is 12.2. The third-order valence-electron chi connectivity index (χ3n) is 4.71. The molecule has 136 valence electrons. The molecule has 0 aliphatic carbocycles. The number of rotatable bonds is 1. The molecule has 0 aromatic heterocycles. The van der Waals surface area contributed by atoms with Gasteiger partial charge in [-0.2, -0.15) is 0 Å². The van der Waals surface area contributed by atoms with E-state index in [1.807, 2.05) is 12.1 Å². The quantitative estimate of drug-likeness (QED) is 0.460. The molecule has 6 nitrogen and oxygen atoms in total. The molecule has 2 amide bonds. The van der Waals surface area contributed by atoms with Crippen LogP contribution in [0.5, 0.6) is 0 Å². The first-order valence-electron chi connectivity index (χ1n) is 7.77. The maximum atomic E-state index is 13.0. The van der Waals surface area contributed by atoms with Gasteiger partial charge >= 0.3 is 0 Å². The Hall–Kier alpha value is -1.23. The Morgan fingerprint density at radius 1 is 1.27 bits per heavy atom. The van der Waals surface area contributed by atoms with Gasteiger partial charge in [-0.25, -0.2) is 8.42 Å². The lowest BCUT2D eigenvalue weighted by molar-refractivity contribution is -0.123. The fourth-order valence-electron chi connectivity index (χ4n) is 3.44. The van der Waals surface area contributed by atoms with Crippen molar-refractivity contribution in [2.45, 2.75) is 12.5 Å². The summed E-state index contributed by atoms with van der Waals surface area (Å²) < 4.78 is 24.7. The molecule has 0 saturated carbocycles. The van der Waals surface area contributed by atoms with Gasteiger partial charge in [0.25, 0.3) is 11.8 Å². The number of amides is 2. The summed E-state index contributed by atoms with van der Waals surface area (Å²) >= 11 is 9.81. The normalized spacial score (nSPS) is 27.6. The molecule has 0 N–H and O–H groups in total. The highest BCUT2D eigenvalue weighted by atomic mass is 79.9. The number of benzene rings is 1. The maximum absolute atomic E-state index is 13.0. The molecule has 0 radical (unpaired) electrons. The highest BCUT2D eigenvalue weighted by molar-refractivity contribution is 9.10. The smallest absolute Gasteiger partial charge is 0.267 e. The molecule has 1 atom stereocenters. The SMILES string of the molecule is CN1C(=O)/C(=C2/SC(=S)N(C3CCS(=O)(=O)C3)C2=O)c2cc(Br)ccc21. The number of likely N-dealkylation sites (N-methyl/N-ethyl adjacent to an activating group) is 1. The fourth-order valence-corrected chi connectivity index (χ4v) is 6.97. The van der Waals surface area contributed by atoms with Crippen LogP contribution in [-0.2, 0) is 19.4 Å². The van der Waals surface area contributed by atoms with Crippen molar-refractivity contribution in [1.82, 2.24) is 4.90 Å². The molecule has 10 heteroatoms. The number of hydrogen-bond donors (Lipinski definition) is 0. The van der Waals surface area contributed by atoms with E-state index in [0.29, 0.717) is 21.9 Å². The van der Waals surface area contributed by atoms with Crippen molar-refractivity contribution in [3.63, 3.8) is 0 Å². The number of carbonyl (C=O) groups is 2. The Kier molecular flexibility index (Phi) is 4.29. The lowest BCUT2D eigenvalue weighted by Gasteiger charge is -2.21. The van der Waals surface area contributed by atoms with Gasteiger partial charge in [0.2, 0.25) is 0 Å². The van der Waals surface area contributed by atoms with Crippen LogP contribution in [0.15, 0.2) is 27.6 Å². The predicted molar refractivity (Wildman–Crippen MR) is 109 cm³/mol. The molecular weight excluding hydrogens is 460 g/mol. The zero-order valence-corrected chi connectivity index (χ0v) is 17.6. The van der Waals surface area contributed by atoms with Crippen LogP contribution >= 0.6 is 39.9 Å². The van der Waals surface area contributed by atoms with Crippen LogP contribution in [0.25, 0.3) is 5.57 Å². The fraction of sp³-hybridized carbons (Fsp3) is 0.312. The van der Waals surface area contributed by atoms with E-state index in [9.17, 15) is 18.0 Å². The predicted octanol–water partition coefficient (Wildman–Crippen LogP) is 2.18. The molecular formula is C16H13BrN2O4S3. The van der Waals surface area contributed by atoms with E-state index >= 15 is 0 Å². The number of anilines is 1. The first-order valence-corrected chi connectivity index (χ1v) is 11.6. The van der Waals surface area contributed by atoms with Crippen LogP contribution in [-0.4, -0.2) is 54.0 Å². The zero-order chi connectivity index (χ0) is 18.8. The van der Waals surface area contributed by atoms with Gasteiger partial charge < -0.3 is 4.90 Å². The highest BCUT2D eigenvalue weighted by Gasteiger charge is 2.45. The van der Waals surface area contributed by atoms with E-state index in [1.54, 1.807) is 13.1 Å². The van der Waals surface area contributed by atoms with E-state index < -0.39 is 15.9 Å². The monoisotopic (exact) mass is 472 g/mol. The lowest BCUT2D eigenvalue weighted by atomic mass is 10.1. The standard InChI is InChI=1S/C16H13BrN2O4S3/c1-18-11-3-2-8(17)6-10(11)12(14(18)20)13-15(21)19(16(24)25-13)9-4-5-26(22,23)7-9/h2-3,6,9H,4-5,7H2,1H3/b13-12+. The summed E-state index contributed by atoms with van der Waals surface area (Å²) in [6, 6.07) is 5.00. The average Bonchev–Trinajstić information content (AvgIpc) is 3.13. The van der Waals surface area contributed by atoms with Gasteiger partial charge in [-0.1, -0.05) is 39.9 Å². The number of halogens is 1. The molecule has 3 heterocycles. The van der Waals surface area contributed by atoms with Crippen molar-refractivity contribution in [1.29, 1.82) is 0 Å². The summed E-state index contributed by atoms with van der Waals surface area (Å²) in [5, 5.41) is 0. The van der Waals surface area contributed by atoms with Crippen LogP contribution in [0.2, 0.25) is 0 Å². The summed E-state index contributed by atoms with van der Waals surface area (Å²) in [6.07, 6.45) is 0.368. The molecule has 26 heavy (non-hydrogen) atoms. The Bertz CT molecular complexity index is 1020. The van der Waals surface area contributed by atoms with E-state index in [0.717, 1.165) is 21.9 Å². The molecule has 1 aromatic carbocycles. The molecule has 3 aliphatic rings. The van der Waals surface area contributed by atoms with Gasteiger partial charge in [-0.15, -0.1) is 0 Å². The van der Waals surface area contributed by atoms with Gasteiger partial charge in [0.05, 0.1) is 33.7 Å². The number of nitrogens with zero attached hydrogens (tertiary/aromatic N) is 2. The van der Waals surface area contributed by atoms with Gasteiger partial charge in [0.1, 0.15) is 4.32 Å². The van der Waals surface area contributed by atoms with Gasteiger partial charge in [-0.3, -0.25) is 14.5 Å². The summed E-state index contributed by atoms with van der Waals surface area (Å²) in [4.78, 5) is 28.9. The molecule has 4 rings (SSSR count). The minimum atomic E-state index is -3.15. The van der Waals surface area contributed by atoms with Crippen molar-refractivity contribution in [2.75, 3.05) is 23.5 Å². The van der Waals surface area contributed by atoms with E-state index in [-0.39, 0.29) is 28.2 Å². The minimum absolute atomic E-state index is 0.0537. The Labute approximate surface area is 168 Å². The topological polar surface area (TPSA) is 74.8 Å². The molecule has 2 fully saturated rings. The summed E-state index contributed by atoms with van der Waals surface area (Å²) in [6.45, 7) is 0. The number of hydrogen-bond acceptors (Lipinski definition) is 6. The van der Waals surface area contributed by atoms with Gasteiger partial charge in [0, 0.05) is 17.1 Å². The second kappa shape index (κ2) is 6.15. The Morgan fingerprint density at radius 3 is 2.65 bits per heavy atom. The van der Waals surface area contributed by atoms with Crippen LogP contribution in [0.3, 0.4) is 0 Å². The molecule has 1 aromatic rings. The second-order valence-corrected chi connectivity index (χ2v) is 11.1. The van der Waals surface area contributed by atoms with Crippen LogP contribution in [0.1, 0.15) is 12.0 Å². The Morgan fingerprint density at radius 2 is 2.00 bits per heavy atom.